The van der Waals surface area contributed by atoms with Gasteiger partial charge in [0.15, 0.2) is 4.34 Å². The normalized spacial score (nSPS) is 10.6. The summed E-state index contributed by atoms with van der Waals surface area (Å²) < 4.78 is 0.732. The van der Waals surface area contributed by atoms with E-state index in [0.29, 0.717) is 17.1 Å². The topological polar surface area (TPSA) is 100 Å². The summed E-state index contributed by atoms with van der Waals surface area (Å²) in [5.74, 6) is -0.232. The van der Waals surface area contributed by atoms with Gasteiger partial charge in [0.2, 0.25) is 17.7 Å². The van der Waals surface area contributed by atoms with Gasteiger partial charge < -0.3 is 16.0 Å². The molecule has 3 amide bonds. The molecule has 0 radical (unpaired) electrons. The molecule has 3 N–H and O–H groups in total. The second kappa shape index (κ2) is 11.0. The predicted molar refractivity (Wildman–Crippen MR) is 138 cm³/mol. The first-order chi connectivity index (χ1) is 16.5. The number of carbonyl (C=O) groups excluding carboxylic acids is 3. The standard InChI is InChI=1S/C25H22N4O3S2/c1-16(30)26-18-9-11-19(12-10-18)27-23(31)13-20-14-33-25(28-20)34-15-24(32)29-22-8-4-6-17-5-2-3-7-21(17)22/h2-12,14H,13,15H2,1H3,(H,26,30)(H,27,31)(H,29,32). The van der Waals surface area contributed by atoms with Gasteiger partial charge in [-0.05, 0) is 35.7 Å². The number of carbonyl (C=O) groups is 3. The molecule has 9 heteroatoms. The van der Waals surface area contributed by atoms with Gasteiger partial charge >= 0.3 is 0 Å². The molecule has 0 aliphatic rings. The molecule has 0 saturated carbocycles. The first-order valence-electron chi connectivity index (χ1n) is 10.5. The molecule has 1 aromatic heterocycles. The summed E-state index contributed by atoms with van der Waals surface area (Å²) >= 11 is 2.75. The number of nitrogens with zero attached hydrogens (tertiary/aromatic N) is 1. The fourth-order valence-corrected chi connectivity index (χ4v) is 4.94. The second-order valence-electron chi connectivity index (χ2n) is 7.45. The summed E-state index contributed by atoms with van der Waals surface area (Å²) in [6, 6.07) is 20.6. The lowest BCUT2D eigenvalue weighted by molar-refractivity contribution is -0.116. The molecule has 4 rings (SSSR count). The third kappa shape index (κ3) is 6.43. The van der Waals surface area contributed by atoms with Crippen LogP contribution in [0.2, 0.25) is 0 Å². The molecule has 4 aromatic rings. The van der Waals surface area contributed by atoms with Crippen LogP contribution in [-0.4, -0.2) is 28.5 Å². The molecule has 0 fully saturated rings. The number of fused-ring (bicyclic) bond motifs is 1. The minimum atomic E-state index is -0.192. The zero-order chi connectivity index (χ0) is 23.9. The van der Waals surface area contributed by atoms with Crippen molar-refractivity contribution in [2.45, 2.75) is 17.7 Å². The summed E-state index contributed by atoms with van der Waals surface area (Å²) in [5, 5.41) is 12.3. The molecular weight excluding hydrogens is 468 g/mol. The SMILES string of the molecule is CC(=O)Nc1ccc(NC(=O)Cc2csc(SCC(=O)Nc3cccc4ccccc34)n2)cc1. The van der Waals surface area contributed by atoms with Gasteiger partial charge in [-0.3, -0.25) is 14.4 Å². The average molecular weight is 491 g/mol. The van der Waals surface area contributed by atoms with Crippen molar-refractivity contribution in [3.05, 3.63) is 77.8 Å². The quantitative estimate of drug-likeness (QED) is 0.296. The van der Waals surface area contributed by atoms with E-state index in [4.69, 9.17) is 0 Å². The maximum atomic E-state index is 12.5. The smallest absolute Gasteiger partial charge is 0.234 e. The van der Waals surface area contributed by atoms with E-state index in [1.54, 1.807) is 24.3 Å². The van der Waals surface area contributed by atoms with Crippen LogP contribution in [0.1, 0.15) is 12.6 Å². The van der Waals surface area contributed by atoms with Crippen molar-refractivity contribution in [3.63, 3.8) is 0 Å². The van der Waals surface area contributed by atoms with Crippen LogP contribution >= 0.6 is 23.1 Å². The van der Waals surface area contributed by atoms with Crippen LogP contribution in [0.15, 0.2) is 76.4 Å². The zero-order valence-electron chi connectivity index (χ0n) is 18.3. The van der Waals surface area contributed by atoms with Crippen molar-refractivity contribution in [1.82, 2.24) is 4.98 Å². The molecule has 0 unspecified atom stereocenters. The third-order valence-corrected chi connectivity index (χ3v) is 6.82. The van der Waals surface area contributed by atoms with Gasteiger partial charge in [0.1, 0.15) is 0 Å². The summed E-state index contributed by atoms with van der Waals surface area (Å²) in [5.41, 5.74) is 2.73. The number of hydrogen-bond donors (Lipinski definition) is 3. The van der Waals surface area contributed by atoms with Gasteiger partial charge in [0.05, 0.1) is 17.9 Å². The maximum Gasteiger partial charge on any atom is 0.234 e. The van der Waals surface area contributed by atoms with E-state index >= 15 is 0 Å². The number of benzene rings is 3. The Hall–Kier alpha value is -3.69. The summed E-state index contributed by atoms with van der Waals surface area (Å²) in [6.07, 6.45) is 0.132. The van der Waals surface area contributed by atoms with E-state index in [2.05, 4.69) is 20.9 Å². The number of thioether (sulfide) groups is 1. The van der Waals surface area contributed by atoms with Crippen LogP contribution in [0.4, 0.5) is 17.1 Å². The predicted octanol–water partition coefficient (Wildman–Crippen LogP) is 5.17. The average Bonchev–Trinajstić information content (AvgIpc) is 3.26. The van der Waals surface area contributed by atoms with Gasteiger partial charge in [-0.15, -0.1) is 11.3 Å². The Balaban J connectivity index is 1.26. The van der Waals surface area contributed by atoms with Crippen LogP contribution in [0.5, 0.6) is 0 Å². The highest BCUT2D eigenvalue weighted by atomic mass is 32.2. The molecule has 0 aliphatic carbocycles. The van der Waals surface area contributed by atoms with Gasteiger partial charge in [-0.2, -0.15) is 0 Å². The van der Waals surface area contributed by atoms with Crippen molar-refractivity contribution < 1.29 is 14.4 Å². The number of nitrogens with one attached hydrogen (secondary N) is 3. The van der Waals surface area contributed by atoms with Gasteiger partial charge in [0, 0.05) is 34.8 Å². The van der Waals surface area contributed by atoms with Crippen molar-refractivity contribution >= 4 is 68.7 Å². The molecular formula is C25H22N4O3S2. The van der Waals surface area contributed by atoms with E-state index in [1.807, 2.05) is 47.8 Å². The second-order valence-corrected chi connectivity index (χ2v) is 9.53. The molecule has 7 nitrogen and oxygen atoms in total. The van der Waals surface area contributed by atoms with Crippen molar-refractivity contribution in [3.8, 4) is 0 Å². The van der Waals surface area contributed by atoms with Crippen molar-refractivity contribution in [2.24, 2.45) is 0 Å². The third-order valence-electron chi connectivity index (χ3n) is 4.75. The molecule has 0 saturated heterocycles. The molecule has 0 bridgehead atoms. The van der Waals surface area contributed by atoms with Gasteiger partial charge in [-0.1, -0.05) is 48.2 Å². The minimum Gasteiger partial charge on any atom is -0.326 e. The summed E-state index contributed by atoms with van der Waals surface area (Å²) in [7, 11) is 0. The molecule has 172 valence electrons. The monoisotopic (exact) mass is 490 g/mol. The van der Waals surface area contributed by atoms with Crippen molar-refractivity contribution in [1.29, 1.82) is 0 Å². The molecule has 3 aromatic carbocycles. The Labute approximate surface area is 205 Å². The first-order valence-corrected chi connectivity index (χ1v) is 12.3. The number of amides is 3. The molecule has 1 heterocycles. The Bertz CT molecular complexity index is 1330. The number of anilines is 3. The molecule has 0 aliphatic heterocycles. The Morgan fingerprint density at radius 3 is 2.32 bits per heavy atom. The van der Waals surface area contributed by atoms with E-state index in [9.17, 15) is 14.4 Å². The minimum absolute atomic E-state index is 0.112. The fraction of sp³-hybridized carbons (Fsp3) is 0.120. The fourth-order valence-electron chi connectivity index (χ4n) is 3.29. The summed E-state index contributed by atoms with van der Waals surface area (Å²) in [6.45, 7) is 1.44. The molecule has 0 spiro atoms. The van der Waals surface area contributed by atoms with Crippen LogP contribution in [0, 0.1) is 0 Å². The number of aromatic nitrogens is 1. The molecule has 0 atom stereocenters. The zero-order valence-corrected chi connectivity index (χ0v) is 20.0. The Morgan fingerprint density at radius 1 is 0.853 bits per heavy atom. The molecule has 34 heavy (non-hydrogen) atoms. The lowest BCUT2D eigenvalue weighted by atomic mass is 10.1. The highest BCUT2D eigenvalue weighted by Gasteiger charge is 2.11. The number of hydrogen-bond acceptors (Lipinski definition) is 6. The van der Waals surface area contributed by atoms with E-state index in [0.717, 1.165) is 20.8 Å². The highest BCUT2D eigenvalue weighted by Crippen LogP contribution is 2.26. The Morgan fingerprint density at radius 2 is 1.56 bits per heavy atom. The number of rotatable bonds is 8. The van der Waals surface area contributed by atoms with Crippen LogP contribution < -0.4 is 16.0 Å². The largest absolute Gasteiger partial charge is 0.326 e. The lowest BCUT2D eigenvalue weighted by Gasteiger charge is -2.08. The number of thiazole rings is 1. The van der Waals surface area contributed by atoms with Crippen LogP contribution in [0.3, 0.4) is 0 Å². The Kier molecular flexibility index (Phi) is 7.56. The van der Waals surface area contributed by atoms with Gasteiger partial charge in [0.25, 0.3) is 0 Å². The van der Waals surface area contributed by atoms with E-state index < -0.39 is 0 Å². The maximum absolute atomic E-state index is 12.5. The van der Waals surface area contributed by atoms with Crippen LogP contribution in [0.25, 0.3) is 10.8 Å². The van der Waals surface area contributed by atoms with Gasteiger partial charge in [-0.25, -0.2) is 4.98 Å². The van der Waals surface area contributed by atoms with E-state index in [1.165, 1.54) is 30.0 Å². The van der Waals surface area contributed by atoms with E-state index in [-0.39, 0.29) is 29.9 Å². The highest BCUT2D eigenvalue weighted by molar-refractivity contribution is 8.01. The summed E-state index contributed by atoms with van der Waals surface area (Å²) in [4.78, 5) is 40.3. The lowest BCUT2D eigenvalue weighted by Crippen LogP contribution is -2.15. The first kappa shape index (κ1) is 23.5. The van der Waals surface area contributed by atoms with Crippen molar-refractivity contribution in [2.75, 3.05) is 21.7 Å². The van der Waals surface area contributed by atoms with Crippen LogP contribution in [-0.2, 0) is 20.8 Å².